The van der Waals surface area contributed by atoms with Gasteiger partial charge in [0.25, 0.3) is 5.91 Å². The van der Waals surface area contributed by atoms with Crippen LogP contribution in [0.2, 0.25) is 0 Å². The highest BCUT2D eigenvalue weighted by molar-refractivity contribution is 7.10. The maximum atomic E-state index is 13.8. The van der Waals surface area contributed by atoms with E-state index in [1.807, 2.05) is 48.7 Å². The standard InChI is InChI=1S/C25H22F2N2O4S/c1-15-4-7-17(8-5-15)29-23(31)11-9-18(24(29)21-3-2-12-34-21)25(32)33-14-22(30)28-20-10-6-16(26)13-19(20)27/h2-8,10,12-13,18,24H,9,11,14H2,1H3,(H,28,30)/t18-,24-/m0/s1. The molecule has 0 unspecified atom stereocenters. The Balaban J connectivity index is 1.50. The van der Waals surface area contributed by atoms with E-state index < -0.39 is 42.1 Å². The maximum absolute atomic E-state index is 13.8. The van der Waals surface area contributed by atoms with Gasteiger partial charge in [-0.25, -0.2) is 8.78 Å². The van der Waals surface area contributed by atoms with Gasteiger partial charge >= 0.3 is 5.97 Å². The van der Waals surface area contributed by atoms with Crippen molar-refractivity contribution < 1.29 is 27.9 Å². The van der Waals surface area contributed by atoms with Crippen LogP contribution in [0.3, 0.4) is 0 Å². The largest absolute Gasteiger partial charge is 0.455 e. The minimum Gasteiger partial charge on any atom is -0.455 e. The zero-order valence-electron chi connectivity index (χ0n) is 18.3. The number of piperidine rings is 1. The van der Waals surface area contributed by atoms with Crippen molar-refractivity contribution in [1.82, 2.24) is 0 Å². The third-order valence-corrected chi connectivity index (χ3v) is 6.54. The van der Waals surface area contributed by atoms with Crippen LogP contribution in [-0.2, 0) is 19.1 Å². The lowest BCUT2D eigenvalue weighted by Crippen LogP contribution is -2.46. The molecule has 1 fully saturated rings. The molecule has 1 saturated heterocycles. The number of carbonyl (C=O) groups is 3. The number of ether oxygens (including phenoxy) is 1. The van der Waals surface area contributed by atoms with E-state index in [0.717, 1.165) is 22.6 Å². The van der Waals surface area contributed by atoms with E-state index in [4.69, 9.17) is 4.74 Å². The Morgan fingerprint density at radius 3 is 2.59 bits per heavy atom. The van der Waals surface area contributed by atoms with Gasteiger partial charge < -0.3 is 15.0 Å². The van der Waals surface area contributed by atoms with Gasteiger partial charge in [0.2, 0.25) is 5.91 Å². The summed E-state index contributed by atoms with van der Waals surface area (Å²) in [5.41, 5.74) is 1.50. The third kappa shape index (κ3) is 5.14. The molecule has 3 aromatic rings. The lowest BCUT2D eigenvalue weighted by Gasteiger charge is -2.39. The molecular weight excluding hydrogens is 462 g/mol. The number of nitrogens with one attached hydrogen (secondary N) is 1. The first kappa shape index (κ1) is 23.6. The zero-order chi connectivity index (χ0) is 24.2. The van der Waals surface area contributed by atoms with E-state index in [-0.39, 0.29) is 24.4 Å². The number of hydrogen-bond donors (Lipinski definition) is 1. The lowest BCUT2D eigenvalue weighted by molar-refractivity contribution is -0.153. The number of amides is 2. The summed E-state index contributed by atoms with van der Waals surface area (Å²) in [5.74, 6) is -3.88. The van der Waals surface area contributed by atoms with E-state index in [0.29, 0.717) is 11.8 Å². The first-order chi connectivity index (χ1) is 16.3. The minimum absolute atomic E-state index is 0.101. The van der Waals surface area contributed by atoms with Crippen LogP contribution in [0.25, 0.3) is 0 Å². The number of benzene rings is 2. The monoisotopic (exact) mass is 484 g/mol. The highest BCUT2D eigenvalue weighted by atomic mass is 32.1. The van der Waals surface area contributed by atoms with E-state index in [1.54, 1.807) is 4.90 Å². The van der Waals surface area contributed by atoms with Crippen molar-refractivity contribution in [3.63, 3.8) is 0 Å². The van der Waals surface area contributed by atoms with Crippen LogP contribution >= 0.6 is 11.3 Å². The maximum Gasteiger partial charge on any atom is 0.311 e. The van der Waals surface area contributed by atoms with Crippen molar-refractivity contribution in [1.29, 1.82) is 0 Å². The molecule has 6 nitrogen and oxygen atoms in total. The molecule has 1 aromatic heterocycles. The van der Waals surface area contributed by atoms with Crippen LogP contribution in [-0.4, -0.2) is 24.4 Å². The molecule has 2 atom stereocenters. The minimum atomic E-state index is -0.933. The second-order valence-corrected chi connectivity index (χ2v) is 8.96. The van der Waals surface area contributed by atoms with Crippen molar-refractivity contribution in [2.75, 3.05) is 16.8 Å². The van der Waals surface area contributed by atoms with Gasteiger partial charge in [-0.15, -0.1) is 11.3 Å². The second-order valence-electron chi connectivity index (χ2n) is 7.98. The molecule has 9 heteroatoms. The quantitative estimate of drug-likeness (QED) is 0.500. The van der Waals surface area contributed by atoms with E-state index in [1.165, 1.54) is 11.3 Å². The average molecular weight is 485 g/mol. The number of hydrogen-bond acceptors (Lipinski definition) is 5. The highest BCUT2D eigenvalue weighted by Crippen LogP contribution is 2.42. The fraction of sp³-hybridized carbons (Fsp3) is 0.240. The summed E-state index contributed by atoms with van der Waals surface area (Å²) in [5, 5.41) is 4.13. The van der Waals surface area contributed by atoms with Gasteiger partial charge in [0.15, 0.2) is 6.61 Å². The molecule has 34 heavy (non-hydrogen) atoms. The Labute approximate surface area is 199 Å². The summed E-state index contributed by atoms with van der Waals surface area (Å²) in [4.78, 5) is 40.6. The highest BCUT2D eigenvalue weighted by Gasteiger charge is 2.43. The first-order valence-corrected chi connectivity index (χ1v) is 11.5. The number of thiophene rings is 1. The molecule has 0 bridgehead atoms. The molecule has 1 N–H and O–H groups in total. The molecule has 1 aliphatic rings. The average Bonchev–Trinajstić information content (AvgIpc) is 3.34. The number of aryl methyl sites for hydroxylation is 1. The molecule has 176 valence electrons. The van der Waals surface area contributed by atoms with E-state index in [9.17, 15) is 23.2 Å². The summed E-state index contributed by atoms with van der Waals surface area (Å²) in [6.07, 6.45) is 0.430. The third-order valence-electron chi connectivity index (χ3n) is 5.60. The van der Waals surface area contributed by atoms with Crippen LogP contribution in [0.15, 0.2) is 60.0 Å². The number of anilines is 2. The van der Waals surface area contributed by atoms with Crippen molar-refractivity contribution in [3.05, 3.63) is 82.1 Å². The smallest absolute Gasteiger partial charge is 0.311 e. The van der Waals surface area contributed by atoms with Gasteiger partial charge in [-0.3, -0.25) is 14.4 Å². The second kappa shape index (κ2) is 10.1. The van der Waals surface area contributed by atoms with Gasteiger partial charge in [-0.2, -0.15) is 0 Å². The predicted octanol–water partition coefficient (Wildman–Crippen LogP) is 5.00. The Hall–Kier alpha value is -3.59. The fourth-order valence-corrected chi connectivity index (χ4v) is 4.84. The topological polar surface area (TPSA) is 75.7 Å². The molecule has 0 spiro atoms. The summed E-state index contributed by atoms with van der Waals surface area (Å²) in [7, 11) is 0. The van der Waals surface area contributed by atoms with Crippen molar-refractivity contribution >= 4 is 40.5 Å². The molecular formula is C25H22F2N2O4S. The fourth-order valence-electron chi connectivity index (χ4n) is 3.96. The van der Waals surface area contributed by atoms with Gasteiger partial charge in [0, 0.05) is 23.1 Å². The van der Waals surface area contributed by atoms with E-state index in [2.05, 4.69) is 5.32 Å². The van der Waals surface area contributed by atoms with Crippen LogP contribution in [0.5, 0.6) is 0 Å². The number of halogens is 2. The number of nitrogens with zero attached hydrogens (tertiary/aromatic N) is 1. The van der Waals surface area contributed by atoms with Gasteiger partial charge in [0.05, 0.1) is 17.6 Å². The Bertz CT molecular complexity index is 1200. The normalized spacial score (nSPS) is 18.0. The Morgan fingerprint density at radius 2 is 1.91 bits per heavy atom. The van der Waals surface area contributed by atoms with Crippen molar-refractivity contribution in [2.45, 2.75) is 25.8 Å². The van der Waals surface area contributed by atoms with Crippen LogP contribution < -0.4 is 10.2 Å². The molecule has 2 amide bonds. The van der Waals surface area contributed by atoms with Crippen LogP contribution in [0.4, 0.5) is 20.2 Å². The number of rotatable bonds is 6. The summed E-state index contributed by atoms with van der Waals surface area (Å²) >= 11 is 1.43. The molecule has 2 heterocycles. The summed E-state index contributed by atoms with van der Waals surface area (Å²) in [6.45, 7) is 1.31. The number of esters is 1. The zero-order valence-corrected chi connectivity index (χ0v) is 19.1. The first-order valence-electron chi connectivity index (χ1n) is 10.7. The van der Waals surface area contributed by atoms with Crippen molar-refractivity contribution in [3.8, 4) is 0 Å². The Kier molecular flexibility index (Phi) is 7.02. The predicted molar refractivity (Wildman–Crippen MR) is 124 cm³/mol. The van der Waals surface area contributed by atoms with Gasteiger partial charge in [-0.1, -0.05) is 23.8 Å². The van der Waals surface area contributed by atoms with Crippen LogP contribution in [0, 0.1) is 24.5 Å². The summed E-state index contributed by atoms with van der Waals surface area (Å²) < 4.78 is 32.1. The summed E-state index contributed by atoms with van der Waals surface area (Å²) in [6, 6.07) is 13.3. The van der Waals surface area contributed by atoms with Crippen molar-refractivity contribution in [2.24, 2.45) is 5.92 Å². The molecule has 0 aliphatic carbocycles. The van der Waals surface area contributed by atoms with Crippen LogP contribution in [0.1, 0.15) is 29.3 Å². The molecule has 4 rings (SSSR count). The molecule has 0 radical (unpaired) electrons. The van der Waals surface area contributed by atoms with E-state index >= 15 is 0 Å². The van der Waals surface area contributed by atoms with Gasteiger partial charge in [-0.05, 0) is 49.1 Å². The number of carbonyl (C=O) groups excluding carboxylic acids is 3. The Morgan fingerprint density at radius 1 is 1.15 bits per heavy atom. The SMILES string of the molecule is Cc1ccc(N2C(=O)CC[C@H](C(=O)OCC(=O)Nc3ccc(F)cc3F)[C@H]2c2cccs2)cc1. The molecule has 1 aliphatic heterocycles. The molecule has 2 aromatic carbocycles. The van der Waals surface area contributed by atoms with Gasteiger partial charge in [0.1, 0.15) is 11.6 Å². The molecule has 0 saturated carbocycles. The lowest BCUT2D eigenvalue weighted by atomic mass is 9.87.